The molecule has 3 heteroatoms. The van der Waals surface area contributed by atoms with Crippen LogP contribution in [-0.4, -0.2) is 33.7 Å². The summed E-state index contributed by atoms with van der Waals surface area (Å²) in [7, 11) is 0. The number of rotatable bonds is 4. The van der Waals surface area contributed by atoms with Crippen molar-refractivity contribution in [3.8, 4) is 0 Å². The number of hydrogen-bond acceptors (Lipinski definition) is 3. The molecule has 2 atom stereocenters. The second kappa shape index (κ2) is 6.12. The fraction of sp³-hybridized carbons (Fsp3) is 0.643. The van der Waals surface area contributed by atoms with Crippen LogP contribution in [0.2, 0.25) is 0 Å². The normalized spacial score (nSPS) is 25.1. The van der Waals surface area contributed by atoms with E-state index in [4.69, 9.17) is 0 Å². The Morgan fingerprint density at radius 3 is 2.82 bits per heavy atom. The Morgan fingerprint density at radius 2 is 2.18 bits per heavy atom. The minimum Gasteiger partial charge on any atom is -0.391 e. The van der Waals surface area contributed by atoms with E-state index in [0.29, 0.717) is 6.04 Å². The number of likely N-dealkylation sites (N-methyl/N-ethyl adjacent to an activating group) is 1. The molecule has 1 saturated carbocycles. The van der Waals surface area contributed by atoms with Gasteiger partial charge in [0.1, 0.15) is 0 Å². The highest BCUT2D eigenvalue weighted by Gasteiger charge is 2.27. The molecule has 1 aliphatic carbocycles. The van der Waals surface area contributed by atoms with Crippen molar-refractivity contribution in [1.29, 1.82) is 0 Å². The minimum absolute atomic E-state index is 0.160. The maximum atomic E-state index is 10.1. The van der Waals surface area contributed by atoms with Gasteiger partial charge < -0.3 is 5.11 Å². The summed E-state index contributed by atoms with van der Waals surface area (Å²) in [5.74, 6) is 0. The smallest absolute Gasteiger partial charge is 0.0695 e. The predicted molar refractivity (Wildman–Crippen MR) is 68.6 cm³/mol. The van der Waals surface area contributed by atoms with Gasteiger partial charge in [0.2, 0.25) is 0 Å². The summed E-state index contributed by atoms with van der Waals surface area (Å²) in [4.78, 5) is 6.72. The Morgan fingerprint density at radius 1 is 1.35 bits per heavy atom. The monoisotopic (exact) mass is 234 g/mol. The molecule has 1 heterocycles. The molecule has 0 spiro atoms. The molecule has 1 aromatic heterocycles. The third-order valence-electron chi connectivity index (χ3n) is 3.66. The number of nitrogens with zero attached hydrogens (tertiary/aromatic N) is 2. The Kier molecular flexibility index (Phi) is 4.51. The molecule has 0 bridgehead atoms. The molecule has 0 radical (unpaired) electrons. The molecule has 0 unspecified atom stereocenters. The summed E-state index contributed by atoms with van der Waals surface area (Å²) < 4.78 is 0. The van der Waals surface area contributed by atoms with Crippen LogP contribution < -0.4 is 0 Å². The second-order valence-electron chi connectivity index (χ2n) is 4.80. The topological polar surface area (TPSA) is 36.4 Å². The Bertz CT molecular complexity index is 328. The first-order valence-electron chi connectivity index (χ1n) is 6.63. The Hall–Kier alpha value is -0.930. The van der Waals surface area contributed by atoms with Crippen LogP contribution in [0.4, 0.5) is 0 Å². The molecular weight excluding hydrogens is 212 g/mol. The Labute approximate surface area is 103 Å². The zero-order valence-electron chi connectivity index (χ0n) is 10.5. The molecule has 1 N–H and O–H groups in total. The van der Waals surface area contributed by atoms with Crippen molar-refractivity contribution < 1.29 is 5.11 Å². The third kappa shape index (κ3) is 3.27. The van der Waals surface area contributed by atoms with Crippen LogP contribution in [0.5, 0.6) is 0 Å². The van der Waals surface area contributed by atoms with E-state index in [2.05, 4.69) is 22.9 Å². The van der Waals surface area contributed by atoms with Crippen LogP contribution in [-0.2, 0) is 6.54 Å². The fourth-order valence-corrected chi connectivity index (χ4v) is 2.68. The first-order valence-corrected chi connectivity index (χ1v) is 6.63. The lowest BCUT2D eigenvalue weighted by Crippen LogP contribution is -2.45. The minimum atomic E-state index is -0.160. The number of aliphatic hydroxyl groups is 1. The highest BCUT2D eigenvalue weighted by Crippen LogP contribution is 2.24. The van der Waals surface area contributed by atoms with Crippen molar-refractivity contribution in [2.24, 2.45) is 0 Å². The van der Waals surface area contributed by atoms with Crippen LogP contribution in [0.25, 0.3) is 0 Å². The van der Waals surface area contributed by atoms with Crippen LogP contribution in [0, 0.1) is 0 Å². The van der Waals surface area contributed by atoms with Gasteiger partial charge in [0.15, 0.2) is 0 Å². The quantitative estimate of drug-likeness (QED) is 0.867. The van der Waals surface area contributed by atoms with Gasteiger partial charge >= 0.3 is 0 Å². The highest BCUT2D eigenvalue weighted by atomic mass is 16.3. The van der Waals surface area contributed by atoms with E-state index in [1.165, 1.54) is 12.8 Å². The van der Waals surface area contributed by atoms with Gasteiger partial charge in [0, 0.05) is 18.8 Å². The van der Waals surface area contributed by atoms with Crippen molar-refractivity contribution in [1.82, 2.24) is 9.88 Å². The average Bonchev–Trinajstić information content (AvgIpc) is 2.38. The number of aliphatic hydroxyl groups excluding tert-OH is 1. The van der Waals surface area contributed by atoms with Crippen LogP contribution >= 0.6 is 0 Å². The van der Waals surface area contributed by atoms with Gasteiger partial charge in [-0.15, -0.1) is 0 Å². The van der Waals surface area contributed by atoms with E-state index in [1.807, 2.05) is 18.3 Å². The largest absolute Gasteiger partial charge is 0.391 e. The predicted octanol–water partition coefficient (Wildman–Crippen LogP) is 2.21. The lowest BCUT2D eigenvalue weighted by molar-refractivity contribution is 0.0177. The van der Waals surface area contributed by atoms with E-state index >= 15 is 0 Å². The molecule has 0 saturated heterocycles. The maximum Gasteiger partial charge on any atom is 0.0695 e. The van der Waals surface area contributed by atoms with Crippen molar-refractivity contribution >= 4 is 0 Å². The van der Waals surface area contributed by atoms with Gasteiger partial charge in [-0.1, -0.05) is 25.8 Å². The summed E-state index contributed by atoms with van der Waals surface area (Å²) in [5, 5.41) is 10.1. The molecule has 0 aliphatic heterocycles. The molecule has 1 fully saturated rings. The van der Waals surface area contributed by atoms with Crippen LogP contribution in [0.1, 0.15) is 38.3 Å². The summed E-state index contributed by atoms with van der Waals surface area (Å²) in [6, 6.07) is 6.33. The van der Waals surface area contributed by atoms with Gasteiger partial charge in [0.25, 0.3) is 0 Å². The third-order valence-corrected chi connectivity index (χ3v) is 3.66. The van der Waals surface area contributed by atoms with E-state index < -0.39 is 0 Å². The van der Waals surface area contributed by atoms with Crippen LogP contribution in [0.3, 0.4) is 0 Å². The molecule has 2 rings (SSSR count). The second-order valence-corrected chi connectivity index (χ2v) is 4.80. The molecule has 3 nitrogen and oxygen atoms in total. The van der Waals surface area contributed by atoms with Gasteiger partial charge in [-0.3, -0.25) is 9.88 Å². The highest BCUT2D eigenvalue weighted by molar-refractivity contribution is 5.03. The molecule has 94 valence electrons. The summed E-state index contributed by atoms with van der Waals surface area (Å²) >= 11 is 0. The summed E-state index contributed by atoms with van der Waals surface area (Å²) in [6.45, 7) is 3.97. The van der Waals surface area contributed by atoms with Crippen molar-refractivity contribution in [2.45, 2.75) is 51.3 Å². The molecule has 1 aromatic rings. The molecule has 1 aliphatic rings. The number of pyridine rings is 1. The average molecular weight is 234 g/mol. The first-order chi connectivity index (χ1) is 8.31. The molecular formula is C14H22N2O. The van der Waals surface area contributed by atoms with Gasteiger partial charge in [-0.05, 0) is 31.5 Å². The molecule has 0 aromatic carbocycles. The summed E-state index contributed by atoms with van der Waals surface area (Å²) in [6.07, 6.45) is 6.14. The lowest BCUT2D eigenvalue weighted by Gasteiger charge is -2.36. The zero-order valence-corrected chi connectivity index (χ0v) is 10.5. The lowest BCUT2D eigenvalue weighted by atomic mass is 9.91. The Balaban J connectivity index is 2.00. The van der Waals surface area contributed by atoms with Gasteiger partial charge in [-0.2, -0.15) is 0 Å². The first kappa shape index (κ1) is 12.5. The van der Waals surface area contributed by atoms with Crippen molar-refractivity contribution in [3.63, 3.8) is 0 Å². The number of hydrogen-bond donors (Lipinski definition) is 1. The van der Waals surface area contributed by atoms with Crippen molar-refractivity contribution in [2.75, 3.05) is 6.54 Å². The molecule has 17 heavy (non-hydrogen) atoms. The SMILES string of the molecule is CCN(Cc1ccccn1)[C@H]1CCCC[C@@H]1O. The summed E-state index contributed by atoms with van der Waals surface area (Å²) in [5.41, 5.74) is 1.09. The zero-order chi connectivity index (χ0) is 12.1. The fourth-order valence-electron chi connectivity index (χ4n) is 2.68. The van der Waals surface area contributed by atoms with E-state index in [1.54, 1.807) is 0 Å². The van der Waals surface area contributed by atoms with Gasteiger partial charge in [-0.25, -0.2) is 0 Å². The van der Waals surface area contributed by atoms with Crippen LogP contribution in [0.15, 0.2) is 24.4 Å². The standard InChI is InChI=1S/C14H22N2O/c1-2-16(11-12-7-5-6-10-15-12)13-8-3-4-9-14(13)17/h5-7,10,13-14,17H,2-4,8-9,11H2,1H3/t13-,14-/m0/s1. The van der Waals surface area contributed by atoms with E-state index in [0.717, 1.165) is 31.6 Å². The van der Waals surface area contributed by atoms with E-state index in [-0.39, 0.29) is 6.10 Å². The van der Waals surface area contributed by atoms with Crippen molar-refractivity contribution in [3.05, 3.63) is 30.1 Å². The number of aromatic nitrogens is 1. The van der Waals surface area contributed by atoms with Gasteiger partial charge in [0.05, 0.1) is 11.8 Å². The molecule has 0 amide bonds. The van der Waals surface area contributed by atoms with E-state index in [9.17, 15) is 5.11 Å². The maximum absolute atomic E-state index is 10.1.